The fraction of sp³-hybridized carbons (Fsp3) is 0.400. The monoisotopic (exact) mass is 438 g/mol. The molecule has 0 spiro atoms. The lowest BCUT2D eigenvalue weighted by molar-refractivity contribution is 0.183. The van der Waals surface area contributed by atoms with Crippen molar-refractivity contribution in [2.24, 2.45) is 0 Å². The van der Waals surface area contributed by atoms with Crippen LogP contribution in [-0.4, -0.2) is 48.5 Å². The first-order chi connectivity index (χ1) is 15.4. The fourth-order valence-corrected chi connectivity index (χ4v) is 4.25. The van der Waals surface area contributed by atoms with E-state index >= 15 is 0 Å². The molecule has 1 aromatic heterocycles. The highest BCUT2D eigenvalue weighted by atomic mass is 32.2. The third kappa shape index (κ3) is 7.04. The molecule has 1 aliphatic heterocycles. The summed E-state index contributed by atoms with van der Waals surface area (Å²) in [6.07, 6.45) is 5.79. The zero-order chi connectivity index (χ0) is 21.1. The number of hydrogen-bond donors (Lipinski definition) is 0. The summed E-state index contributed by atoms with van der Waals surface area (Å²) in [5, 5.41) is 0. The van der Waals surface area contributed by atoms with Crippen molar-refractivity contribution in [2.45, 2.75) is 25.0 Å². The van der Waals surface area contributed by atoms with Crippen LogP contribution in [0.25, 0.3) is 11.3 Å². The second-order valence-corrected chi connectivity index (χ2v) is 8.71. The number of nitrogens with zero attached hydrogens (tertiary/aromatic N) is 2. The van der Waals surface area contributed by atoms with Gasteiger partial charge < -0.3 is 13.9 Å². The Morgan fingerprint density at radius 1 is 0.871 bits per heavy atom. The lowest BCUT2D eigenvalue weighted by atomic mass is 10.1. The summed E-state index contributed by atoms with van der Waals surface area (Å²) in [6.45, 7) is 4.81. The number of oxazole rings is 1. The highest BCUT2D eigenvalue weighted by Gasteiger charge is 2.10. The van der Waals surface area contributed by atoms with E-state index in [0.717, 1.165) is 53.4 Å². The molecule has 164 valence electrons. The van der Waals surface area contributed by atoms with Gasteiger partial charge in [0.1, 0.15) is 18.1 Å². The molecule has 0 N–H and O–H groups in total. The van der Waals surface area contributed by atoms with E-state index in [0.29, 0.717) is 6.61 Å². The molecular weight excluding hydrogens is 408 g/mol. The summed E-state index contributed by atoms with van der Waals surface area (Å²) in [7, 11) is 0. The van der Waals surface area contributed by atoms with E-state index in [1.807, 2.05) is 54.6 Å². The first kappa shape index (κ1) is 21.8. The van der Waals surface area contributed by atoms with Gasteiger partial charge in [-0.05, 0) is 62.3 Å². The topological polar surface area (TPSA) is 47.7 Å². The molecule has 6 heteroatoms. The van der Waals surface area contributed by atoms with E-state index < -0.39 is 0 Å². The van der Waals surface area contributed by atoms with Crippen LogP contribution in [0, 0.1) is 0 Å². The van der Waals surface area contributed by atoms with E-state index in [4.69, 9.17) is 13.9 Å². The van der Waals surface area contributed by atoms with Gasteiger partial charge in [0.2, 0.25) is 5.89 Å². The van der Waals surface area contributed by atoms with Crippen LogP contribution in [0.15, 0.2) is 65.2 Å². The van der Waals surface area contributed by atoms with Crippen molar-refractivity contribution in [3.05, 3.63) is 66.7 Å². The average molecular weight is 439 g/mol. The molecule has 2 aromatic carbocycles. The van der Waals surface area contributed by atoms with Gasteiger partial charge in [-0.2, -0.15) is 0 Å². The van der Waals surface area contributed by atoms with E-state index in [1.165, 1.54) is 32.4 Å². The molecule has 0 aliphatic carbocycles. The first-order valence-corrected chi connectivity index (χ1v) is 12.2. The van der Waals surface area contributed by atoms with Gasteiger partial charge in [-0.1, -0.05) is 24.6 Å². The maximum absolute atomic E-state index is 5.91. The molecule has 5 nitrogen and oxygen atoms in total. The predicted molar refractivity (Wildman–Crippen MR) is 126 cm³/mol. The summed E-state index contributed by atoms with van der Waals surface area (Å²) >= 11 is 1.75. The van der Waals surface area contributed by atoms with Crippen LogP contribution in [0.3, 0.4) is 0 Å². The van der Waals surface area contributed by atoms with Crippen LogP contribution in [-0.2, 0) is 5.75 Å². The van der Waals surface area contributed by atoms with Crippen molar-refractivity contribution in [2.75, 3.05) is 38.6 Å². The van der Waals surface area contributed by atoms with Gasteiger partial charge in [-0.15, -0.1) is 11.8 Å². The second-order valence-electron chi connectivity index (χ2n) is 7.61. The van der Waals surface area contributed by atoms with Gasteiger partial charge in [0, 0.05) is 17.9 Å². The molecule has 4 rings (SSSR count). The Bertz CT molecular complexity index is 893. The van der Waals surface area contributed by atoms with Gasteiger partial charge in [-0.25, -0.2) is 4.98 Å². The predicted octanol–water partition coefficient (Wildman–Crippen LogP) is 5.52. The third-order valence-corrected chi connectivity index (χ3v) is 6.19. The van der Waals surface area contributed by atoms with E-state index in [9.17, 15) is 0 Å². The molecule has 1 aliphatic rings. The minimum Gasteiger partial charge on any atom is -0.493 e. The molecular formula is C25H30N2O3S. The normalized spacial score (nSPS) is 14.5. The van der Waals surface area contributed by atoms with Gasteiger partial charge in [0.15, 0.2) is 5.76 Å². The lowest BCUT2D eigenvalue weighted by Crippen LogP contribution is -2.33. The van der Waals surface area contributed by atoms with Crippen molar-refractivity contribution in [1.29, 1.82) is 0 Å². The van der Waals surface area contributed by atoms with Crippen LogP contribution in [0.4, 0.5) is 0 Å². The summed E-state index contributed by atoms with van der Waals surface area (Å²) in [4.78, 5) is 6.89. The van der Waals surface area contributed by atoms with E-state index in [1.54, 1.807) is 18.0 Å². The van der Waals surface area contributed by atoms with Crippen molar-refractivity contribution in [1.82, 2.24) is 9.88 Å². The standard InChI is InChI=1S/C25H30N2O3S/c1-3-7-22(8-4-1)29-17-18-31-20-25-26-19-24(30-25)21-9-11-23(12-10-21)28-16-15-27-13-5-2-6-14-27/h1,3-4,7-12,19H,2,5-6,13-18,20H2. The van der Waals surface area contributed by atoms with Crippen LogP contribution < -0.4 is 9.47 Å². The number of aromatic nitrogens is 1. The van der Waals surface area contributed by atoms with Gasteiger partial charge >= 0.3 is 0 Å². The Labute approximate surface area is 188 Å². The molecule has 1 saturated heterocycles. The van der Waals surface area contributed by atoms with Crippen molar-refractivity contribution in [3.8, 4) is 22.8 Å². The minimum absolute atomic E-state index is 0.668. The highest BCUT2D eigenvalue weighted by Crippen LogP contribution is 2.25. The van der Waals surface area contributed by atoms with Crippen LogP contribution in [0.2, 0.25) is 0 Å². The molecule has 0 unspecified atom stereocenters. The molecule has 0 bridgehead atoms. The Kier molecular flexibility index (Phi) is 8.30. The van der Waals surface area contributed by atoms with E-state index in [2.05, 4.69) is 9.88 Å². The Morgan fingerprint density at radius 2 is 1.61 bits per heavy atom. The van der Waals surface area contributed by atoms with Crippen LogP contribution in [0.1, 0.15) is 25.2 Å². The quantitative estimate of drug-likeness (QED) is 0.368. The lowest BCUT2D eigenvalue weighted by Gasteiger charge is -2.26. The number of benzene rings is 2. The molecule has 0 radical (unpaired) electrons. The van der Waals surface area contributed by atoms with Crippen molar-refractivity contribution in [3.63, 3.8) is 0 Å². The van der Waals surface area contributed by atoms with Crippen LogP contribution >= 0.6 is 11.8 Å². The number of likely N-dealkylation sites (tertiary alicyclic amines) is 1. The van der Waals surface area contributed by atoms with E-state index in [-0.39, 0.29) is 0 Å². The molecule has 3 aromatic rings. The Morgan fingerprint density at radius 3 is 2.42 bits per heavy atom. The smallest absolute Gasteiger partial charge is 0.204 e. The van der Waals surface area contributed by atoms with Gasteiger partial charge in [0.25, 0.3) is 0 Å². The largest absolute Gasteiger partial charge is 0.493 e. The van der Waals surface area contributed by atoms with Crippen molar-refractivity contribution >= 4 is 11.8 Å². The SMILES string of the molecule is c1ccc(OCCSCc2ncc(-c3ccc(OCCN4CCCCC4)cc3)o2)cc1. The summed E-state index contributed by atoms with van der Waals surface area (Å²) in [5.41, 5.74) is 1.01. The molecule has 31 heavy (non-hydrogen) atoms. The minimum atomic E-state index is 0.668. The van der Waals surface area contributed by atoms with Crippen LogP contribution in [0.5, 0.6) is 11.5 Å². The number of thioether (sulfide) groups is 1. The maximum Gasteiger partial charge on any atom is 0.204 e. The second kappa shape index (κ2) is 11.8. The number of rotatable bonds is 11. The number of hydrogen-bond acceptors (Lipinski definition) is 6. The Balaban J connectivity index is 1.17. The summed E-state index contributed by atoms with van der Waals surface area (Å²) < 4.78 is 17.5. The molecule has 0 saturated carbocycles. The average Bonchev–Trinajstić information content (AvgIpc) is 3.30. The molecule has 0 amide bonds. The maximum atomic E-state index is 5.91. The zero-order valence-electron chi connectivity index (χ0n) is 17.9. The summed E-state index contributed by atoms with van der Waals surface area (Å²) in [5.74, 6) is 4.94. The first-order valence-electron chi connectivity index (χ1n) is 11.0. The fourth-order valence-electron chi connectivity index (χ4n) is 3.60. The highest BCUT2D eigenvalue weighted by molar-refractivity contribution is 7.98. The van der Waals surface area contributed by atoms with Gasteiger partial charge in [-0.3, -0.25) is 4.90 Å². The summed E-state index contributed by atoms with van der Waals surface area (Å²) in [6, 6.07) is 17.9. The number of piperidine rings is 1. The molecule has 1 fully saturated rings. The van der Waals surface area contributed by atoms with Crippen molar-refractivity contribution < 1.29 is 13.9 Å². The number of para-hydroxylation sites is 1. The molecule has 0 atom stereocenters. The third-order valence-electron chi connectivity index (χ3n) is 5.28. The number of ether oxygens (including phenoxy) is 2. The Hall–Kier alpha value is -2.44. The zero-order valence-corrected chi connectivity index (χ0v) is 18.7. The molecule has 2 heterocycles. The van der Waals surface area contributed by atoms with Gasteiger partial charge in [0.05, 0.1) is 18.6 Å².